The third-order valence-electron chi connectivity index (χ3n) is 5.58. The van der Waals surface area contributed by atoms with E-state index in [1.54, 1.807) is 25.5 Å². The number of unbranched alkanes of at least 4 members (excludes halogenated alkanes) is 2. The zero-order valence-electron chi connectivity index (χ0n) is 18.5. The van der Waals surface area contributed by atoms with E-state index in [1.807, 2.05) is 25.2 Å². The highest BCUT2D eigenvalue weighted by Crippen LogP contribution is 2.31. The van der Waals surface area contributed by atoms with Crippen molar-refractivity contribution >= 4 is 40.1 Å². The van der Waals surface area contributed by atoms with Gasteiger partial charge < -0.3 is 15.0 Å². The largest absolute Gasteiger partial charge is 0.481 e. The molecule has 0 fully saturated rings. The van der Waals surface area contributed by atoms with Crippen LogP contribution in [0.1, 0.15) is 55.1 Å². The van der Waals surface area contributed by atoms with Gasteiger partial charge in [-0.3, -0.25) is 14.6 Å². The molecule has 2 aromatic heterocycles. The maximum absolute atomic E-state index is 13.2. The number of carbonyl (C=O) groups excluding carboxylic acids is 1. The van der Waals surface area contributed by atoms with E-state index in [0.29, 0.717) is 10.6 Å². The highest BCUT2D eigenvalue weighted by molar-refractivity contribution is 6.31. The molecule has 32 heavy (non-hydrogen) atoms. The summed E-state index contributed by atoms with van der Waals surface area (Å²) in [6.07, 6.45) is 8.85. The molecular formula is C24H29ClN4O3. The van der Waals surface area contributed by atoms with Crippen LogP contribution in [0.15, 0.2) is 36.8 Å². The second-order valence-corrected chi connectivity index (χ2v) is 8.64. The molecule has 0 radical (unpaired) electrons. The van der Waals surface area contributed by atoms with Crippen LogP contribution in [0.4, 0.5) is 5.82 Å². The standard InChI is InChI=1S/C24H29ClN4O3/c1-16(13-23(31)32)12-21(30)24-18-14-17(25)7-8-19(18)29(2)20(24)6-4-3-5-9-27-22-15-26-10-11-28-22/h7-8,10-11,14-16H,3-6,9,12-13H2,1-2H3,(H,27,28)(H,31,32)/t16-/m0/s1. The van der Waals surface area contributed by atoms with E-state index < -0.39 is 5.97 Å². The fourth-order valence-corrected chi connectivity index (χ4v) is 4.24. The van der Waals surface area contributed by atoms with Crippen LogP contribution in [-0.2, 0) is 18.3 Å². The summed E-state index contributed by atoms with van der Waals surface area (Å²) in [5.41, 5.74) is 2.62. The molecule has 0 amide bonds. The Morgan fingerprint density at radius 2 is 2.00 bits per heavy atom. The summed E-state index contributed by atoms with van der Waals surface area (Å²) < 4.78 is 2.07. The highest BCUT2D eigenvalue weighted by Gasteiger charge is 2.23. The lowest BCUT2D eigenvalue weighted by Crippen LogP contribution is -2.12. The molecule has 0 aliphatic carbocycles. The minimum atomic E-state index is -0.887. The van der Waals surface area contributed by atoms with Crippen LogP contribution in [0.3, 0.4) is 0 Å². The normalized spacial score (nSPS) is 12.1. The Labute approximate surface area is 192 Å². The van der Waals surface area contributed by atoms with Gasteiger partial charge in [0.2, 0.25) is 0 Å². The number of fused-ring (bicyclic) bond motifs is 1. The molecule has 3 aromatic rings. The van der Waals surface area contributed by atoms with Crippen LogP contribution in [0.2, 0.25) is 5.02 Å². The molecule has 7 nitrogen and oxygen atoms in total. The van der Waals surface area contributed by atoms with Crippen molar-refractivity contribution in [3.8, 4) is 0 Å². The van der Waals surface area contributed by atoms with E-state index in [1.165, 1.54) is 0 Å². The van der Waals surface area contributed by atoms with Crippen LogP contribution >= 0.6 is 11.6 Å². The first-order chi connectivity index (χ1) is 15.4. The van der Waals surface area contributed by atoms with Gasteiger partial charge in [0.25, 0.3) is 0 Å². The number of nitrogens with zero attached hydrogens (tertiary/aromatic N) is 3. The average Bonchev–Trinajstić information content (AvgIpc) is 3.01. The van der Waals surface area contributed by atoms with Crippen molar-refractivity contribution in [1.82, 2.24) is 14.5 Å². The van der Waals surface area contributed by atoms with Crippen LogP contribution in [0.25, 0.3) is 10.9 Å². The topological polar surface area (TPSA) is 97.1 Å². The number of carboxylic acid groups (broad SMARTS) is 1. The Morgan fingerprint density at radius 3 is 2.72 bits per heavy atom. The van der Waals surface area contributed by atoms with E-state index >= 15 is 0 Å². The molecule has 3 rings (SSSR count). The van der Waals surface area contributed by atoms with E-state index in [4.69, 9.17) is 16.7 Å². The third-order valence-corrected chi connectivity index (χ3v) is 5.81. The lowest BCUT2D eigenvalue weighted by atomic mass is 9.94. The number of rotatable bonds is 12. The van der Waals surface area contributed by atoms with Gasteiger partial charge in [-0.05, 0) is 43.4 Å². The Morgan fingerprint density at radius 1 is 1.19 bits per heavy atom. The predicted molar refractivity (Wildman–Crippen MR) is 126 cm³/mol. The van der Waals surface area contributed by atoms with Gasteiger partial charge in [-0.1, -0.05) is 24.9 Å². The molecule has 0 aliphatic rings. The van der Waals surface area contributed by atoms with Crippen molar-refractivity contribution in [3.05, 3.63) is 53.1 Å². The minimum absolute atomic E-state index is 0.0223. The Kier molecular flexibility index (Phi) is 8.22. The number of aliphatic carboxylic acids is 1. The molecule has 1 aromatic carbocycles. The number of halogens is 1. The Bertz CT molecular complexity index is 1080. The first-order valence-corrected chi connectivity index (χ1v) is 11.3. The third kappa shape index (κ3) is 6.07. The van der Waals surface area contributed by atoms with Crippen LogP contribution < -0.4 is 5.32 Å². The van der Waals surface area contributed by atoms with Crippen LogP contribution in [-0.4, -0.2) is 37.9 Å². The molecule has 2 heterocycles. The van der Waals surface area contributed by atoms with E-state index in [9.17, 15) is 9.59 Å². The number of ketones is 1. The fourth-order valence-electron chi connectivity index (χ4n) is 4.06. The van der Waals surface area contributed by atoms with Crippen LogP contribution in [0, 0.1) is 5.92 Å². The number of aromatic nitrogens is 3. The Hall–Kier alpha value is -2.93. The number of hydrogen-bond acceptors (Lipinski definition) is 5. The highest BCUT2D eigenvalue weighted by atomic mass is 35.5. The monoisotopic (exact) mass is 456 g/mol. The Balaban J connectivity index is 1.69. The molecule has 1 atom stereocenters. The zero-order valence-corrected chi connectivity index (χ0v) is 19.2. The van der Waals surface area contributed by atoms with Crippen molar-refractivity contribution in [3.63, 3.8) is 0 Å². The molecule has 8 heteroatoms. The lowest BCUT2D eigenvalue weighted by molar-refractivity contribution is -0.137. The summed E-state index contributed by atoms with van der Waals surface area (Å²) in [4.78, 5) is 32.5. The second kappa shape index (κ2) is 11.1. The maximum Gasteiger partial charge on any atom is 0.303 e. The second-order valence-electron chi connectivity index (χ2n) is 8.20. The van der Waals surface area contributed by atoms with Gasteiger partial charge in [-0.2, -0.15) is 0 Å². The molecule has 170 valence electrons. The number of carboxylic acids is 1. The fraction of sp³-hybridized carbons (Fsp3) is 0.417. The van der Waals surface area contributed by atoms with Gasteiger partial charge in [-0.15, -0.1) is 0 Å². The van der Waals surface area contributed by atoms with Crippen molar-refractivity contribution in [2.24, 2.45) is 13.0 Å². The van der Waals surface area contributed by atoms with E-state index in [0.717, 1.165) is 54.6 Å². The van der Waals surface area contributed by atoms with Crippen molar-refractivity contribution < 1.29 is 14.7 Å². The number of aryl methyl sites for hydroxylation is 1. The molecule has 0 spiro atoms. The summed E-state index contributed by atoms with van der Waals surface area (Å²) in [7, 11) is 1.97. The quantitative estimate of drug-likeness (QED) is 0.289. The molecule has 2 N–H and O–H groups in total. The molecular weight excluding hydrogens is 428 g/mol. The van der Waals surface area contributed by atoms with Gasteiger partial charge in [-0.25, -0.2) is 4.98 Å². The summed E-state index contributed by atoms with van der Waals surface area (Å²) in [6.45, 7) is 2.61. The van der Waals surface area contributed by atoms with Crippen molar-refractivity contribution in [2.75, 3.05) is 11.9 Å². The molecule has 0 saturated carbocycles. The van der Waals surface area contributed by atoms with Gasteiger partial charge in [0.1, 0.15) is 5.82 Å². The summed E-state index contributed by atoms with van der Waals surface area (Å²) in [5, 5.41) is 13.7. The number of benzene rings is 1. The van der Waals surface area contributed by atoms with Gasteiger partial charge in [0, 0.05) is 66.0 Å². The van der Waals surface area contributed by atoms with E-state index in [2.05, 4.69) is 19.9 Å². The molecule has 0 bridgehead atoms. The number of nitrogens with one attached hydrogen (secondary N) is 1. The SMILES string of the molecule is C[C@H](CC(=O)O)CC(=O)c1c(CCCCCNc2cnccn2)n(C)c2ccc(Cl)cc12. The summed E-state index contributed by atoms with van der Waals surface area (Å²) in [5.74, 6) is -0.372. The maximum atomic E-state index is 13.2. The first-order valence-electron chi connectivity index (χ1n) is 10.9. The van der Waals surface area contributed by atoms with Gasteiger partial charge in [0.15, 0.2) is 5.78 Å². The summed E-state index contributed by atoms with van der Waals surface area (Å²) >= 11 is 6.23. The number of Topliss-reactive ketones (excluding diaryl/α,β-unsaturated/α-hetero) is 1. The number of anilines is 1. The van der Waals surface area contributed by atoms with Gasteiger partial charge >= 0.3 is 5.97 Å². The zero-order chi connectivity index (χ0) is 23.1. The van der Waals surface area contributed by atoms with Crippen LogP contribution in [0.5, 0.6) is 0 Å². The lowest BCUT2D eigenvalue weighted by Gasteiger charge is -2.11. The number of carbonyl (C=O) groups is 2. The molecule has 0 saturated heterocycles. The van der Waals surface area contributed by atoms with E-state index in [-0.39, 0.29) is 24.5 Å². The summed E-state index contributed by atoms with van der Waals surface area (Å²) in [6, 6.07) is 5.59. The van der Waals surface area contributed by atoms with Crippen molar-refractivity contribution in [2.45, 2.75) is 45.4 Å². The number of hydrogen-bond donors (Lipinski definition) is 2. The average molecular weight is 457 g/mol. The molecule has 0 aliphatic heterocycles. The predicted octanol–water partition coefficient (Wildman–Crippen LogP) is 5.13. The van der Waals surface area contributed by atoms with Crippen molar-refractivity contribution in [1.29, 1.82) is 0 Å². The van der Waals surface area contributed by atoms with Gasteiger partial charge in [0.05, 0.1) is 6.20 Å². The smallest absolute Gasteiger partial charge is 0.303 e. The molecule has 0 unspecified atom stereocenters. The minimum Gasteiger partial charge on any atom is -0.481 e. The first kappa shape index (κ1) is 23.7.